The van der Waals surface area contributed by atoms with Crippen LogP contribution in [0.25, 0.3) is 0 Å². The molecular weight excluding hydrogens is 233 g/mol. The quantitative estimate of drug-likeness (QED) is 0.807. The van der Waals surface area contributed by atoms with Crippen molar-refractivity contribution in [3.63, 3.8) is 0 Å². The predicted molar refractivity (Wildman–Crippen MR) is 54.1 cm³/mol. The summed E-state index contributed by atoms with van der Waals surface area (Å²) in [6.45, 7) is 0. The smallest absolute Gasteiger partial charge is 0.137 e. The maximum atomic E-state index is 12.9. The molecule has 0 saturated heterocycles. The highest BCUT2D eigenvalue weighted by atomic mass is 79.9. The summed E-state index contributed by atoms with van der Waals surface area (Å²) in [6.07, 6.45) is 2.05. The fraction of sp³-hybridized carbons (Fsp3) is 0.400. The number of rotatable bonds is 1. The molecule has 1 fully saturated rings. The Labute approximate surface area is 85.3 Å². The third-order valence-electron chi connectivity index (χ3n) is 2.59. The summed E-state index contributed by atoms with van der Waals surface area (Å²) >= 11 is 3.18. The van der Waals surface area contributed by atoms with Crippen molar-refractivity contribution in [2.24, 2.45) is 5.73 Å². The lowest BCUT2D eigenvalue weighted by Crippen LogP contribution is -2.34. The highest BCUT2D eigenvalue weighted by Gasteiger charge is 2.27. The van der Waals surface area contributed by atoms with Crippen molar-refractivity contribution in [3.05, 3.63) is 34.1 Å². The third kappa shape index (κ3) is 1.76. The zero-order valence-electron chi connectivity index (χ0n) is 7.13. The minimum absolute atomic E-state index is 0.202. The summed E-state index contributed by atoms with van der Waals surface area (Å²) in [5.74, 6) is 0.333. The molecule has 0 unspecified atom stereocenters. The molecular formula is C10H11BrFN. The Hall–Kier alpha value is -0.410. The van der Waals surface area contributed by atoms with Gasteiger partial charge in [0.1, 0.15) is 5.82 Å². The van der Waals surface area contributed by atoms with Crippen LogP contribution in [0.4, 0.5) is 4.39 Å². The molecule has 2 N–H and O–H groups in total. The topological polar surface area (TPSA) is 26.0 Å². The summed E-state index contributed by atoms with van der Waals surface area (Å²) in [4.78, 5) is 0. The lowest BCUT2D eigenvalue weighted by molar-refractivity contribution is 0.351. The van der Waals surface area contributed by atoms with Gasteiger partial charge in [-0.15, -0.1) is 0 Å². The van der Waals surface area contributed by atoms with Gasteiger partial charge in [-0.2, -0.15) is 0 Å². The summed E-state index contributed by atoms with van der Waals surface area (Å²) in [5, 5.41) is 0. The zero-order valence-corrected chi connectivity index (χ0v) is 8.72. The van der Waals surface area contributed by atoms with E-state index in [1.165, 1.54) is 11.6 Å². The monoisotopic (exact) mass is 243 g/mol. The minimum Gasteiger partial charge on any atom is -0.328 e. The lowest BCUT2D eigenvalue weighted by Gasteiger charge is -2.32. The molecule has 1 aromatic carbocycles. The third-order valence-corrected chi connectivity index (χ3v) is 3.20. The Balaban J connectivity index is 2.18. The molecule has 3 heteroatoms. The van der Waals surface area contributed by atoms with Crippen molar-refractivity contribution in [2.75, 3.05) is 0 Å². The van der Waals surface area contributed by atoms with Crippen LogP contribution in [0.15, 0.2) is 22.7 Å². The van der Waals surface area contributed by atoms with E-state index in [0.717, 1.165) is 12.8 Å². The standard InChI is InChI=1S/C10H11BrFN/c11-9-5-6(1-2-10(9)12)7-3-8(13)4-7/h1-2,5,7-8H,3-4,13H2. The molecule has 70 valence electrons. The second kappa shape index (κ2) is 3.39. The van der Waals surface area contributed by atoms with E-state index in [-0.39, 0.29) is 5.82 Å². The molecule has 13 heavy (non-hydrogen) atoms. The molecule has 0 amide bonds. The van der Waals surface area contributed by atoms with E-state index in [4.69, 9.17) is 5.73 Å². The molecule has 0 radical (unpaired) electrons. The van der Waals surface area contributed by atoms with Gasteiger partial charge in [-0.05, 0) is 52.4 Å². The average molecular weight is 244 g/mol. The van der Waals surface area contributed by atoms with E-state index in [0.29, 0.717) is 16.4 Å². The van der Waals surface area contributed by atoms with Crippen LogP contribution in [0.2, 0.25) is 0 Å². The molecule has 0 heterocycles. The molecule has 0 atom stereocenters. The highest BCUT2D eigenvalue weighted by molar-refractivity contribution is 9.10. The van der Waals surface area contributed by atoms with Crippen molar-refractivity contribution in [1.82, 2.24) is 0 Å². The van der Waals surface area contributed by atoms with Crippen LogP contribution in [-0.4, -0.2) is 6.04 Å². The van der Waals surface area contributed by atoms with Gasteiger partial charge in [-0.3, -0.25) is 0 Å². The Bertz CT molecular complexity index is 321. The van der Waals surface area contributed by atoms with Crippen molar-refractivity contribution in [3.8, 4) is 0 Å². The van der Waals surface area contributed by atoms with Gasteiger partial charge in [0.25, 0.3) is 0 Å². The first kappa shape index (κ1) is 9.16. The predicted octanol–water partition coefficient (Wildman–Crippen LogP) is 2.79. The number of hydrogen-bond donors (Lipinski definition) is 1. The highest BCUT2D eigenvalue weighted by Crippen LogP contribution is 2.36. The molecule has 1 aliphatic carbocycles. The zero-order chi connectivity index (χ0) is 9.42. The second-order valence-electron chi connectivity index (χ2n) is 3.60. The van der Waals surface area contributed by atoms with Gasteiger partial charge < -0.3 is 5.73 Å². The summed E-state index contributed by atoms with van der Waals surface area (Å²) < 4.78 is 13.4. The number of nitrogens with two attached hydrogens (primary N) is 1. The molecule has 1 aromatic rings. The molecule has 0 aliphatic heterocycles. The Morgan fingerprint density at radius 1 is 1.38 bits per heavy atom. The van der Waals surface area contributed by atoms with Crippen LogP contribution in [-0.2, 0) is 0 Å². The first-order valence-electron chi connectivity index (χ1n) is 4.37. The van der Waals surface area contributed by atoms with Crippen molar-refractivity contribution in [2.45, 2.75) is 24.8 Å². The van der Waals surface area contributed by atoms with Gasteiger partial charge in [0, 0.05) is 6.04 Å². The van der Waals surface area contributed by atoms with E-state index in [9.17, 15) is 4.39 Å². The molecule has 0 bridgehead atoms. The minimum atomic E-state index is -0.202. The number of hydrogen-bond acceptors (Lipinski definition) is 1. The molecule has 2 rings (SSSR count). The van der Waals surface area contributed by atoms with Crippen molar-refractivity contribution in [1.29, 1.82) is 0 Å². The maximum Gasteiger partial charge on any atom is 0.137 e. The van der Waals surface area contributed by atoms with Crippen molar-refractivity contribution < 1.29 is 4.39 Å². The number of halogens is 2. The van der Waals surface area contributed by atoms with Crippen LogP contribution in [0.3, 0.4) is 0 Å². The van der Waals surface area contributed by atoms with Gasteiger partial charge in [-0.1, -0.05) is 6.07 Å². The fourth-order valence-corrected chi connectivity index (χ4v) is 2.10. The van der Waals surface area contributed by atoms with Crippen LogP contribution < -0.4 is 5.73 Å². The average Bonchev–Trinajstić information content (AvgIpc) is 2.05. The normalized spacial score (nSPS) is 27.0. The van der Waals surface area contributed by atoms with Crippen LogP contribution in [0.5, 0.6) is 0 Å². The lowest BCUT2D eigenvalue weighted by atomic mass is 9.76. The van der Waals surface area contributed by atoms with E-state index in [2.05, 4.69) is 15.9 Å². The summed E-state index contributed by atoms with van der Waals surface area (Å²) in [6, 6.07) is 5.54. The van der Waals surface area contributed by atoms with Crippen LogP contribution in [0.1, 0.15) is 24.3 Å². The van der Waals surface area contributed by atoms with Gasteiger partial charge in [0.05, 0.1) is 4.47 Å². The van der Waals surface area contributed by atoms with Gasteiger partial charge in [-0.25, -0.2) is 4.39 Å². The molecule has 1 aliphatic rings. The number of benzene rings is 1. The SMILES string of the molecule is NC1CC(c2ccc(F)c(Br)c2)C1. The van der Waals surface area contributed by atoms with E-state index in [1.807, 2.05) is 12.1 Å². The van der Waals surface area contributed by atoms with E-state index >= 15 is 0 Å². The summed E-state index contributed by atoms with van der Waals surface area (Å²) in [7, 11) is 0. The maximum absolute atomic E-state index is 12.9. The molecule has 0 aromatic heterocycles. The van der Waals surface area contributed by atoms with E-state index < -0.39 is 0 Å². The summed E-state index contributed by atoms with van der Waals surface area (Å²) in [5.41, 5.74) is 6.88. The van der Waals surface area contributed by atoms with Crippen LogP contribution in [0, 0.1) is 5.82 Å². The van der Waals surface area contributed by atoms with Gasteiger partial charge in [0.2, 0.25) is 0 Å². The Morgan fingerprint density at radius 2 is 2.08 bits per heavy atom. The van der Waals surface area contributed by atoms with E-state index in [1.54, 1.807) is 0 Å². The first-order valence-corrected chi connectivity index (χ1v) is 5.16. The molecule has 1 saturated carbocycles. The van der Waals surface area contributed by atoms with Gasteiger partial charge >= 0.3 is 0 Å². The molecule has 0 spiro atoms. The Kier molecular flexibility index (Phi) is 2.39. The first-order chi connectivity index (χ1) is 6.16. The Morgan fingerprint density at radius 3 is 2.62 bits per heavy atom. The largest absolute Gasteiger partial charge is 0.328 e. The van der Waals surface area contributed by atoms with Crippen molar-refractivity contribution >= 4 is 15.9 Å². The fourth-order valence-electron chi connectivity index (χ4n) is 1.70. The van der Waals surface area contributed by atoms with Gasteiger partial charge in [0.15, 0.2) is 0 Å². The van der Waals surface area contributed by atoms with Crippen LogP contribution >= 0.6 is 15.9 Å². The second-order valence-corrected chi connectivity index (χ2v) is 4.46. The molecule has 1 nitrogen and oxygen atoms in total.